The number of aromatic amines is 1. The van der Waals surface area contributed by atoms with Gasteiger partial charge in [0, 0.05) is 30.6 Å². The third kappa shape index (κ3) is 7.48. The quantitative estimate of drug-likeness (QED) is 0.242. The Morgan fingerprint density at radius 2 is 1.73 bits per heavy atom. The van der Waals surface area contributed by atoms with Crippen molar-refractivity contribution in [2.24, 2.45) is 7.05 Å². The Balaban J connectivity index is 1.77. The summed E-state index contributed by atoms with van der Waals surface area (Å²) in [5.74, 6) is -7.85. The van der Waals surface area contributed by atoms with Crippen molar-refractivity contribution in [3.05, 3.63) is 81.2 Å². The molecular weight excluding hydrogens is 565 g/mol. The van der Waals surface area contributed by atoms with Gasteiger partial charge in [0.25, 0.3) is 11.5 Å². The average molecular weight is 590 g/mol. The Bertz CT molecular complexity index is 1400. The van der Waals surface area contributed by atoms with E-state index in [-0.39, 0.29) is 12.1 Å². The molecule has 0 saturated heterocycles. The molecule has 0 fully saturated rings. The van der Waals surface area contributed by atoms with E-state index in [2.05, 4.69) is 15.2 Å². The molecule has 1 aromatic heterocycles. The normalized spacial score (nSPS) is 14.3. The fraction of sp³-hybridized carbons (Fsp3) is 0.346. The van der Waals surface area contributed by atoms with Crippen LogP contribution in [-0.4, -0.2) is 57.1 Å². The Kier molecular flexibility index (Phi) is 9.41. The Morgan fingerprint density at radius 3 is 2.27 bits per heavy atom. The van der Waals surface area contributed by atoms with E-state index in [1.807, 2.05) is 6.07 Å². The van der Waals surface area contributed by atoms with Gasteiger partial charge in [-0.05, 0) is 42.2 Å². The first kappa shape index (κ1) is 30.8. The van der Waals surface area contributed by atoms with Crippen molar-refractivity contribution in [1.82, 2.24) is 15.1 Å². The predicted octanol–water partition coefficient (Wildman–Crippen LogP) is 4.26. The first-order valence-corrected chi connectivity index (χ1v) is 12.2. The first-order valence-electron chi connectivity index (χ1n) is 11.8. The molecule has 3 N–H and O–H groups in total. The number of aryl methyl sites for hydroxylation is 1. The Hall–Kier alpha value is -3.71. The SMILES string of the molecule is CC(OC(=O)[C@H](O)C[C@@H](Cc1ccc(-c2cccc(Cl)c2)cc1)NC(=O)c1cc(=O)n(C)[nH]1)C(F)(F)C(F)(F)F. The number of hydrogen-bond acceptors (Lipinski definition) is 5. The molecule has 1 amide bonds. The van der Waals surface area contributed by atoms with Gasteiger partial charge in [-0.15, -0.1) is 0 Å². The minimum atomic E-state index is -5.97. The molecular formula is C26H25ClF5N3O5. The van der Waals surface area contributed by atoms with Gasteiger partial charge in [0.05, 0.1) is 0 Å². The third-order valence-corrected chi connectivity index (χ3v) is 6.26. The molecule has 1 heterocycles. The summed E-state index contributed by atoms with van der Waals surface area (Å²) in [6.45, 7) is 0.352. The summed E-state index contributed by atoms with van der Waals surface area (Å²) in [6.07, 6.45) is -11.6. The van der Waals surface area contributed by atoms with Crippen LogP contribution in [-0.2, 0) is 23.0 Å². The van der Waals surface area contributed by atoms with Gasteiger partial charge in [-0.1, -0.05) is 48.0 Å². The van der Waals surface area contributed by atoms with Crippen molar-refractivity contribution >= 4 is 23.5 Å². The lowest BCUT2D eigenvalue weighted by atomic mass is 9.97. The van der Waals surface area contributed by atoms with E-state index in [1.165, 1.54) is 7.05 Å². The Morgan fingerprint density at radius 1 is 1.07 bits per heavy atom. The van der Waals surface area contributed by atoms with Gasteiger partial charge in [0.15, 0.2) is 12.2 Å². The van der Waals surface area contributed by atoms with Crippen molar-refractivity contribution in [1.29, 1.82) is 0 Å². The number of H-pyrrole nitrogens is 1. The minimum Gasteiger partial charge on any atom is -0.454 e. The summed E-state index contributed by atoms with van der Waals surface area (Å²) in [4.78, 5) is 36.6. The van der Waals surface area contributed by atoms with Gasteiger partial charge in [0.2, 0.25) is 0 Å². The van der Waals surface area contributed by atoms with Crippen molar-refractivity contribution in [3.8, 4) is 11.1 Å². The van der Waals surface area contributed by atoms with Gasteiger partial charge in [0.1, 0.15) is 5.69 Å². The maximum Gasteiger partial charge on any atom is 0.457 e. The second kappa shape index (κ2) is 12.2. The molecule has 216 valence electrons. The molecule has 0 aliphatic rings. The van der Waals surface area contributed by atoms with E-state index in [0.29, 0.717) is 17.5 Å². The number of halogens is 6. The van der Waals surface area contributed by atoms with Crippen LogP contribution in [0.2, 0.25) is 5.02 Å². The molecule has 3 aromatic rings. The van der Waals surface area contributed by atoms with Crippen LogP contribution in [0.15, 0.2) is 59.4 Å². The highest BCUT2D eigenvalue weighted by molar-refractivity contribution is 6.30. The van der Waals surface area contributed by atoms with Crippen molar-refractivity contribution in [2.45, 2.75) is 50.1 Å². The van der Waals surface area contributed by atoms with E-state index in [4.69, 9.17) is 11.6 Å². The Labute approximate surface area is 229 Å². The molecule has 0 aliphatic heterocycles. The number of hydrogen-bond donors (Lipinski definition) is 3. The van der Waals surface area contributed by atoms with E-state index in [9.17, 15) is 41.4 Å². The number of aliphatic hydroxyl groups is 1. The van der Waals surface area contributed by atoms with Crippen LogP contribution in [0.25, 0.3) is 11.1 Å². The number of esters is 1. The number of carbonyl (C=O) groups is 2. The fourth-order valence-electron chi connectivity index (χ4n) is 3.77. The zero-order valence-electron chi connectivity index (χ0n) is 21.1. The molecule has 1 unspecified atom stereocenters. The monoisotopic (exact) mass is 589 g/mol. The standard InChI is InChI=1S/C26H25ClF5N3O5/c1-14(25(28,29)26(30,31)32)40-24(39)21(36)12-19(33-23(38)20-13-22(37)35(2)34-20)10-15-6-8-16(9-7-15)17-4-3-5-18(27)11-17/h3-9,11,13-14,19,21,34,36H,10,12H2,1-2H3,(H,33,38)/t14?,19-,21-/m1/s1. The second-order valence-electron chi connectivity index (χ2n) is 9.10. The molecule has 3 rings (SSSR count). The third-order valence-electron chi connectivity index (χ3n) is 6.02. The smallest absolute Gasteiger partial charge is 0.454 e. The number of benzene rings is 2. The number of aliphatic hydroxyl groups excluding tert-OH is 1. The van der Waals surface area contributed by atoms with Crippen LogP contribution in [0.5, 0.6) is 0 Å². The molecule has 3 atom stereocenters. The van der Waals surface area contributed by atoms with Crippen LogP contribution in [0.4, 0.5) is 22.0 Å². The zero-order chi connectivity index (χ0) is 29.8. The predicted molar refractivity (Wildman–Crippen MR) is 135 cm³/mol. The highest BCUT2D eigenvalue weighted by atomic mass is 35.5. The number of rotatable bonds is 10. The number of nitrogens with one attached hydrogen (secondary N) is 2. The van der Waals surface area contributed by atoms with Crippen molar-refractivity contribution < 1.29 is 41.4 Å². The van der Waals surface area contributed by atoms with E-state index in [0.717, 1.165) is 21.9 Å². The summed E-state index contributed by atoms with van der Waals surface area (Å²) in [7, 11) is 1.37. The molecule has 2 aromatic carbocycles. The highest BCUT2D eigenvalue weighted by Gasteiger charge is 2.62. The van der Waals surface area contributed by atoms with Gasteiger partial charge in [-0.3, -0.25) is 19.4 Å². The number of carbonyl (C=O) groups excluding carboxylic acids is 2. The van der Waals surface area contributed by atoms with Crippen LogP contribution in [0, 0.1) is 0 Å². The van der Waals surface area contributed by atoms with Crippen molar-refractivity contribution in [2.75, 3.05) is 0 Å². The van der Waals surface area contributed by atoms with Gasteiger partial charge in [-0.2, -0.15) is 22.0 Å². The molecule has 8 nitrogen and oxygen atoms in total. The van der Waals surface area contributed by atoms with Gasteiger partial charge >= 0.3 is 18.1 Å². The zero-order valence-corrected chi connectivity index (χ0v) is 21.9. The average Bonchev–Trinajstić information content (AvgIpc) is 3.21. The lowest BCUT2D eigenvalue weighted by Crippen LogP contribution is -2.49. The molecule has 0 radical (unpaired) electrons. The lowest BCUT2D eigenvalue weighted by molar-refractivity contribution is -0.312. The summed E-state index contributed by atoms with van der Waals surface area (Å²) in [6, 6.07) is 14.0. The molecule has 40 heavy (non-hydrogen) atoms. The summed E-state index contributed by atoms with van der Waals surface area (Å²) in [5.41, 5.74) is 1.62. The molecule has 0 aliphatic carbocycles. The van der Waals surface area contributed by atoms with Gasteiger partial charge in [-0.25, -0.2) is 4.79 Å². The van der Waals surface area contributed by atoms with E-state index in [1.54, 1.807) is 42.5 Å². The second-order valence-corrected chi connectivity index (χ2v) is 9.54. The van der Waals surface area contributed by atoms with Crippen LogP contribution in [0.3, 0.4) is 0 Å². The number of alkyl halides is 5. The van der Waals surface area contributed by atoms with Crippen molar-refractivity contribution in [3.63, 3.8) is 0 Å². The molecule has 0 saturated carbocycles. The number of nitrogens with zero attached hydrogens (tertiary/aromatic N) is 1. The fourth-order valence-corrected chi connectivity index (χ4v) is 3.96. The van der Waals surface area contributed by atoms with Gasteiger partial charge < -0.3 is 15.2 Å². The van der Waals surface area contributed by atoms with Crippen LogP contribution in [0.1, 0.15) is 29.4 Å². The summed E-state index contributed by atoms with van der Waals surface area (Å²) in [5, 5.41) is 15.9. The minimum absolute atomic E-state index is 0.0111. The largest absolute Gasteiger partial charge is 0.457 e. The topological polar surface area (TPSA) is 113 Å². The number of ether oxygens (including phenoxy) is 1. The lowest BCUT2D eigenvalue weighted by Gasteiger charge is -2.27. The maximum atomic E-state index is 13.5. The van der Waals surface area contributed by atoms with Crippen LogP contribution < -0.4 is 10.9 Å². The summed E-state index contributed by atoms with van der Waals surface area (Å²) >= 11 is 6.04. The summed E-state index contributed by atoms with van der Waals surface area (Å²) < 4.78 is 70.0. The number of amides is 1. The highest BCUT2D eigenvalue weighted by Crippen LogP contribution is 2.39. The van der Waals surface area contributed by atoms with E-state index >= 15 is 0 Å². The maximum absolute atomic E-state index is 13.5. The van der Waals surface area contributed by atoms with Crippen LogP contribution >= 0.6 is 11.6 Å². The molecule has 14 heteroatoms. The molecule has 0 bridgehead atoms. The first-order chi connectivity index (χ1) is 18.6. The van der Waals surface area contributed by atoms with E-state index < -0.39 is 54.2 Å². The number of aromatic nitrogens is 2. The molecule has 0 spiro atoms.